The smallest absolute Gasteiger partial charge is 0.266 e. The molecule has 1 saturated heterocycles. The van der Waals surface area contributed by atoms with E-state index in [0.29, 0.717) is 15.8 Å². The summed E-state index contributed by atoms with van der Waals surface area (Å²) in [5.74, 6) is -0.0146. The standard InChI is InChI=1S/C17H17N3OS2/c1-12-14(11-19(2)18-12)10-15-16(21)20(17(22)23-15)9-8-13-6-4-3-5-7-13/h3-7,10-11H,8-9H2,1-2H3/b15-10+. The Bertz CT molecular complexity index is 780. The van der Waals surface area contributed by atoms with Crippen LogP contribution in [-0.4, -0.2) is 31.5 Å². The van der Waals surface area contributed by atoms with Crippen LogP contribution in [0, 0.1) is 6.92 Å². The van der Waals surface area contributed by atoms with Crippen molar-refractivity contribution in [3.05, 3.63) is 58.3 Å². The molecule has 0 aliphatic carbocycles. The number of hydrogen-bond acceptors (Lipinski definition) is 4. The summed E-state index contributed by atoms with van der Waals surface area (Å²) in [6.07, 6.45) is 4.59. The van der Waals surface area contributed by atoms with Gasteiger partial charge < -0.3 is 0 Å². The van der Waals surface area contributed by atoms with E-state index in [1.54, 1.807) is 9.58 Å². The van der Waals surface area contributed by atoms with Crippen LogP contribution in [-0.2, 0) is 18.3 Å². The molecule has 1 fully saturated rings. The van der Waals surface area contributed by atoms with Crippen molar-refractivity contribution in [1.29, 1.82) is 0 Å². The molecule has 1 aromatic heterocycles. The molecular formula is C17H17N3OS2. The molecule has 0 bridgehead atoms. The van der Waals surface area contributed by atoms with E-state index in [-0.39, 0.29) is 5.91 Å². The fraction of sp³-hybridized carbons (Fsp3) is 0.235. The second-order valence-electron chi connectivity index (χ2n) is 5.41. The van der Waals surface area contributed by atoms with E-state index in [4.69, 9.17) is 12.2 Å². The summed E-state index contributed by atoms with van der Waals surface area (Å²) in [6, 6.07) is 10.1. The highest BCUT2D eigenvalue weighted by atomic mass is 32.2. The Morgan fingerprint density at radius 3 is 2.70 bits per heavy atom. The summed E-state index contributed by atoms with van der Waals surface area (Å²) in [7, 11) is 1.87. The zero-order valence-corrected chi connectivity index (χ0v) is 14.7. The molecule has 1 amide bonds. The predicted octanol–water partition coefficient (Wildman–Crippen LogP) is 3.17. The molecule has 1 aromatic carbocycles. The fourth-order valence-electron chi connectivity index (χ4n) is 2.48. The number of aryl methyl sites for hydroxylation is 2. The molecule has 3 rings (SSSR count). The van der Waals surface area contributed by atoms with Crippen molar-refractivity contribution in [1.82, 2.24) is 14.7 Å². The zero-order valence-electron chi connectivity index (χ0n) is 13.0. The number of thiocarbonyl (C=S) groups is 1. The van der Waals surface area contributed by atoms with Crippen LogP contribution >= 0.6 is 24.0 Å². The van der Waals surface area contributed by atoms with Gasteiger partial charge in [0.25, 0.3) is 5.91 Å². The normalized spacial score (nSPS) is 16.6. The van der Waals surface area contributed by atoms with Gasteiger partial charge >= 0.3 is 0 Å². The minimum atomic E-state index is -0.0146. The molecule has 4 nitrogen and oxygen atoms in total. The Labute approximate surface area is 145 Å². The van der Waals surface area contributed by atoms with E-state index in [0.717, 1.165) is 17.7 Å². The maximum atomic E-state index is 12.6. The first-order valence-corrected chi connectivity index (χ1v) is 8.56. The summed E-state index contributed by atoms with van der Waals surface area (Å²) in [4.78, 5) is 14.9. The van der Waals surface area contributed by atoms with Gasteiger partial charge in [-0.1, -0.05) is 54.3 Å². The lowest BCUT2D eigenvalue weighted by Crippen LogP contribution is -2.30. The van der Waals surface area contributed by atoms with Crippen LogP contribution in [0.3, 0.4) is 0 Å². The third kappa shape index (κ3) is 3.54. The van der Waals surface area contributed by atoms with Crippen molar-refractivity contribution in [2.75, 3.05) is 6.54 Å². The minimum absolute atomic E-state index is 0.0146. The predicted molar refractivity (Wildman–Crippen MR) is 98.0 cm³/mol. The lowest BCUT2D eigenvalue weighted by atomic mass is 10.1. The summed E-state index contributed by atoms with van der Waals surface area (Å²) in [5, 5.41) is 4.30. The molecule has 1 aliphatic rings. The van der Waals surface area contributed by atoms with E-state index < -0.39 is 0 Å². The number of benzene rings is 1. The van der Waals surface area contributed by atoms with Gasteiger partial charge in [-0.15, -0.1) is 0 Å². The van der Waals surface area contributed by atoms with Crippen molar-refractivity contribution in [3.8, 4) is 0 Å². The number of rotatable bonds is 4. The van der Waals surface area contributed by atoms with E-state index >= 15 is 0 Å². The molecule has 2 aromatic rings. The Morgan fingerprint density at radius 2 is 2.04 bits per heavy atom. The average molecular weight is 343 g/mol. The molecule has 0 saturated carbocycles. The van der Waals surface area contributed by atoms with E-state index in [9.17, 15) is 4.79 Å². The van der Waals surface area contributed by atoms with Gasteiger partial charge in [0.05, 0.1) is 10.6 Å². The third-order valence-corrected chi connectivity index (χ3v) is 5.06. The molecule has 0 spiro atoms. The van der Waals surface area contributed by atoms with Crippen molar-refractivity contribution in [3.63, 3.8) is 0 Å². The number of amides is 1. The number of nitrogens with zero attached hydrogens (tertiary/aromatic N) is 3. The Kier molecular flexibility index (Phi) is 4.63. The molecule has 0 atom stereocenters. The summed E-state index contributed by atoms with van der Waals surface area (Å²) < 4.78 is 2.37. The Morgan fingerprint density at radius 1 is 1.30 bits per heavy atom. The molecule has 0 N–H and O–H groups in total. The van der Waals surface area contributed by atoms with Gasteiger partial charge in [0.15, 0.2) is 0 Å². The van der Waals surface area contributed by atoms with Crippen LogP contribution in [0.1, 0.15) is 16.8 Å². The first-order chi connectivity index (χ1) is 11.0. The lowest BCUT2D eigenvalue weighted by molar-refractivity contribution is -0.122. The monoisotopic (exact) mass is 343 g/mol. The Hall–Kier alpha value is -1.92. The number of hydrogen-bond donors (Lipinski definition) is 0. The molecular weight excluding hydrogens is 326 g/mol. The zero-order chi connectivity index (χ0) is 16.4. The molecule has 118 valence electrons. The topological polar surface area (TPSA) is 38.1 Å². The average Bonchev–Trinajstić information content (AvgIpc) is 2.98. The van der Waals surface area contributed by atoms with Crippen molar-refractivity contribution in [2.45, 2.75) is 13.3 Å². The van der Waals surface area contributed by atoms with Crippen LogP contribution in [0.15, 0.2) is 41.4 Å². The van der Waals surface area contributed by atoms with Crippen LogP contribution in [0.4, 0.5) is 0 Å². The van der Waals surface area contributed by atoms with Gasteiger partial charge in [-0.05, 0) is 25.0 Å². The number of thioether (sulfide) groups is 1. The summed E-state index contributed by atoms with van der Waals surface area (Å²) >= 11 is 6.73. The van der Waals surface area contributed by atoms with Crippen molar-refractivity contribution < 1.29 is 4.79 Å². The summed E-state index contributed by atoms with van der Waals surface area (Å²) in [5.41, 5.74) is 3.06. The van der Waals surface area contributed by atoms with Crippen LogP contribution < -0.4 is 0 Å². The number of carbonyl (C=O) groups excluding carboxylic acids is 1. The number of carbonyl (C=O) groups is 1. The highest BCUT2D eigenvalue weighted by Crippen LogP contribution is 2.32. The third-order valence-electron chi connectivity index (χ3n) is 3.68. The molecule has 6 heteroatoms. The number of aromatic nitrogens is 2. The molecule has 1 aliphatic heterocycles. The maximum Gasteiger partial charge on any atom is 0.266 e. The molecule has 23 heavy (non-hydrogen) atoms. The largest absolute Gasteiger partial charge is 0.293 e. The SMILES string of the molecule is Cc1nn(C)cc1/C=C1/SC(=S)N(CCc2ccccc2)C1=O. The Balaban J connectivity index is 1.73. The van der Waals surface area contributed by atoms with Gasteiger partial charge in [0.1, 0.15) is 4.32 Å². The van der Waals surface area contributed by atoms with E-state index in [1.165, 1.54) is 17.3 Å². The van der Waals surface area contributed by atoms with E-state index in [1.807, 2.05) is 44.4 Å². The molecule has 0 unspecified atom stereocenters. The fourth-order valence-corrected chi connectivity index (χ4v) is 3.78. The first-order valence-electron chi connectivity index (χ1n) is 7.34. The van der Waals surface area contributed by atoms with E-state index in [2.05, 4.69) is 17.2 Å². The first kappa shape index (κ1) is 16.0. The second kappa shape index (κ2) is 6.68. The highest BCUT2D eigenvalue weighted by molar-refractivity contribution is 8.26. The lowest BCUT2D eigenvalue weighted by Gasteiger charge is -2.14. The maximum absolute atomic E-state index is 12.6. The quantitative estimate of drug-likeness (QED) is 0.631. The minimum Gasteiger partial charge on any atom is -0.293 e. The summed E-state index contributed by atoms with van der Waals surface area (Å²) in [6.45, 7) is 2.54. The van der Waals surface area contributed by atoms with Gasteiger partial charge in [-0.3, -0.25) is 14.4 Å². The molecule has 2 heterocycles. The van der Waals surface area contributed by atoms with Crippen LogP contribution in [0.25, 0.3) is 6.08 Å². The van der Waals surface area contributed by atoms with Gasteiger partial charge in [0.2, 0.25) is 0 Å². The van der Waals surface area contributed by atoms with Crippen molar-refractivity contribution in [2.24, 2.45) is 7.05 Å². The van der Waals surface area contributed by atoms with Gasteiger partial charge in [-0.25, -0.2) is 0 Å². The van der Waals surface area contributed by atoms with Crippen LogP contribution in [0.5, 0.6) is 0 Å². The van der Waals surface area contributed by atoms with Gasteiger partial charge in [0, 0.05) is 25.4 Å². The van der Waals surface area contributed by atoms with Crippen molar-refractivity contribution >= 4 is 40.3 Å². The second-order valence-corrected chi connectivity index (χ2v) is 7.09. The van der Waals surface area contributed by atoms with Crippen LogP contribution in [0.2, 0.25) is 0 Å². The highest BCUT2D eigenvalue weighted by Gasteiger charge is 2.31. The van der Waals surface area contributed by atoms with Gasteiger partial charge in [-0.2, -0.15) is 5.10 Å². The molecule has 0 radical (unpaired) electrons.